The number of benzene rings is 1. The van der Waals surface area contributed by atoms with Crippen LogP contribution in [-0.4, -0.2) is 86.5 Å². The van der Waals surface area contributed by atoms with Gasteiger partial charge in [0.2, 0.25) is 15.9 Å². The monoisotopic (exact) mass is 437 g/mol. The molecule has 4 rings (SSSR count). The number of aliphatic hydroxyl groups is 1. The van der Waals surface area contributed by atoms with E-state index < -0.39 is 21.5 Å². The summed E-state index contributed by atoms with van der Waals surface area (Å²) < 4.78 is 38.0. The molecule has 164 valence electrons. The standard InChI is InChI=1S/C20H27N3O6S/c1-21-15-7-13(29-3)5-6-14(15)18-19(21)16(8-24)23(17(25)9-28-2)12-20(18)10-22(11-20)30(4,26)27/h5-7,16,24H,8-12H2,1-4H3/t16-/m1/s1. The topological polar surface area (TPSA) is 101 Å². The number of hydrogen-bond donors (Lipinski definition) is 1. The van der Waals surface area contributed by atoms with E-state index in [0.29, 0.717) is 25.4 Å². The maximum Gasteiger partial charge on any atom is 0.249 e. The molecule has 30 heavy (non-hydrogen) atoms. The van der Waals surface area contributed by atoms with Crippen molar-refractivity contribution in [3.63, 3.8) is 0 Å². The molecule has 0 aliphatic carbocycles. The summed E-state index contributed by atoms with van der Waals surface area (Å²) in [5.41, 5.74) is 2.20. The molecule has 1 aromatic carbocycles. The number of fused-ring (bicyclic) bond motifs is 4. The second kappa shape index (κ2) is 7.23. The molecule has 0 saturated carbocycles. The summed E-state index contributed by atoms with van der Waals surface area (Å²) in [4.78, 5) is 14.5. The molecule has 2 aliphatic rings. The van der Waals surface area contributed by atoms with Gasteiger partial charge in [0.25, 0.3) is 0 Å². The Balaban J connectivity index is 1.93. The van der Waals surface area contributed by atoms with Gasteiger partial charge in [-0.1, -0.05) is 0 Å². The third-order valence-electron chi connectivity index (χ3n) is 6.34. The molecule has 1 saturated heterocycles. The van der Waals surface area contributed by atoms with Gasteiger partial charge in [0, 0.05) is 56.4 Å². The van der Waals surface area contributed by atoms with Crippen molar-refractivity contribution in [2.45, 2.75) is 11.5 Å². The summed E-state index contributed by atoms with van der Waals surface area (Å²) in [6.45, 7) is 0.563. The van der Waals surface area contributed by atoms with E-state index in [-0.39, 0.29) is 19.1 Å². The van der Waals surface area contributed by atoms with Crippen LogP contribution < -0.4 is 4.74 Å². The number of carbonyl (C=O) groups excluding carboxylic acids is 1. The molecule has 10 heteroatoms. The average molecular weight is 438 g/mol. The first kappa shape index (κ1) is 21.1. The van der Waals surface area contributed by atoms with Crippen LogP contribution in [0.3, 0.4) is 0 Å². The van der Waals surface area contributed by atoms with Crippen molar-refractivity contribution in [2.24, 2.45) is 7.05 Å². The van der Waals surface area contributed by atoms with Crippen molar-refractivity contribution < 1.29 is 27.8 Å². The fourth-order valence-electron chi connectivity index (χ4n) is 4.95. The van der Waals surface area contributed by atoms with E-state index in [1.54, 1.807) is 12.0 Å². The number of aliphatic hydroxyl groups excluding tert-OH is 1. The van der Waals surface area contributed by atoms with Gasteiger partial charge in [-0.05, 0) is 17.7 Å². The molecule has 1 fully saturated rings. The second-order valence-electron chi connectivity index (χ2n) is 8.17. The van der Waals surface area contributed by atoms with E-state index in [1.807, 2.05) is 29.8 Å². The van der Waals surface area contributed by atoms with Crippen LogP contribution in [0, 0.1) is 0 Å². The van der Waals surface area contributed by atoms with Crippen LogP contribution in [0.5, 0.6) is 5.75 Å². The van der Waals surface area contributed by atoms with Crippen LogP contribution in [0.1, 0.15) is 17.3 Å². The summed E-state index contributed by atoms with van der Waals surface area (Å²) in [6, 6.07) is 5.23. The van der Waals surface area contributed by atoms with Gasteiger partial charge in [-0.25, -0.2) is 12.7 Å². The van der Waals surface area contributed by atoms with Gasteiger partial charge in [0.05, 0.1) is 31.5 Å². The van der Waals surface area contributed by atoms with E-state index in [9.17, 15) is 18.3 Å². The highest BCUT2D eigenvalue weighted by atomic mass is 32.2. The lowest BCUT2D eigenvalue weighted by molar-refractivity contribution is -0.142. The zero-order valence-electron chi connectivity index (χ0n) is 17.6. The Morgan fingerprint density at radius 1 is 1.27 bits per heavy atom. The smallest absolute Gasteiger partial charge is 0.249 e. The predicted molar refractivity (Wildman–Crippen MR) is 111 cm³/mol. The molecule has 1 amide bonds. The quantitative estimate of drug-likeness (QED) is 0.718. The highest BCUT2D eigenvalue weighted by Crippen LogP contribution is 2.50. The van der Waals surface area contributed by atoms with Crippen LogP contribution in [0.4, 0.5) is 0 Å². The maximum atomic E-state index is 12.8. The van der Waals surface area contributed by atoms with Crippen LogP contribution >= 0.6 is 0 Å². The first-order chi connectivity index (χ1) is 14.2. The Bertz CT molecular complexity index is 1100. The van der Waals surface area contributed by atoms with E-state index in [2.05, 4.69) is 0 Å². The Labute approximate surface area is 175 Å². The molecule has 1 N–H and O–H groups in total. The molecule has 2 aliphatic heterocycles. The Kier molecular flexibility index (Phi) is 5.08. The minimum Gasteiger partial charge on any atom is -0.497 e. The van der Waals surface area contributed by atoms with Gasteiger partial charge < -0.3 is 24.0 Å². The first-order valence-electron chi connectivity index (χ1n) is 9.68. The van der Waals surface area contributed by atoms with Crippen molar-refractivity contribution in [1.82, 2.24) is 13.8 Å². The number of methoxy groups -OCH3 is 2. The number of sulfonamides is 1. The first-order valence-corrected chi connectivity index (χ1v) is 11.5. The molecule has 0 bridgehead atoms. The molecule has 9 nitrogen and oxygen atoms in total. The van der Waals surface area contributed by atoms with E-state index >= 15 is 0 Å². The number of aromatic nitrogens is 1. The number of hydrogen-bond acceptors (Lipinski definition) is 6. The summed E-state index contributed by atoms with van der Waals surface area (Å²) >= 11 is 0. The number of ether oxygens (including phenoxy) is 2. The third-order valence-corrected chi connectivity index (χ3v) is 7.53. The van der Waals surface area contributed by atoms with E-state index in [0.717, 1.165) is 22.2 Å². The fraction of sp³-hybridized carbons (Fsp3) is 0.550. The number of nitrogens with zero attached hydrogens (tertiary/aromatic N) is 3. The minimum absolute atomic E-state index is 0.102. The molecular weight excluding hydrogens is 410 g/mol. The van der Waals surface area contributed by atoms with Crippen LogP contribution in [0.2, 0.25) is 0 Å². The van der Waals surface area contributed by atoms with Gasteiger partial charge in [-0.3, -0.25) is 4.79 Å². The minimum atomic E-state index is -3.34. The number of aryl methyl sites for hydroxylation is 1. The zero-order chi connectivity index (χ0) is 21.8. The van der Waals surface area contributed by atoms with E-state index in [4.69, 9.17) is 9.47 Å². The molecule has 2 aromatic rings. The third kappa shape index (κ3) is 3.01. The van der Waals surface area contributed by atoms with Crippen molar-refractivity contribution >= 4 is 26.8 Å². The summed E-state index contributed by atoms with van der Waals surface area (Å²) in [5, 5.41) is 11.2. The van der Waals surface area contributed by atoms with Crippen LogP contribution in [0.15, 0.2) is 18.2 Å². The highest BCUT2D eigenvalue weighted by Gasteiger charge is 2.56. The van der Waals surface area contributed by atoms with Gasteiger partial charge >= 0.3 is 0 Å². The lowest BCUT2D eigenvalue weighted by atomic mass is 9.70. The van der Waals surface area contributed by atoms with E-state index in [1.165, 1.54) is 17.7 Å². The predicted octanol–water partition coefficient (Wildman–Crippen LogP) is 0.222. The summed E-state index contributed by atoms with van der Waals surface area (Å²) in [7, 11) is 1.61. The molecule has 1 spiro atoms. The van der Waals surface area contributed by atoms with Crippen LogP contribution in [-0.2, 0) is 32.0 Å². The van der Waals surface area contributed by atoms with Crippen LogP contribution in [0.25, 0.3) is 10.9 Å². The van der Waals surface area contributed by atoms with Crippen molar-refractivity contribution in [3.05, 3.63) is 29.5 Å². The Morgan fingerprint density at radius 3 is 2.53 bits per heavy atom. The lowest BCUT2D eigenvalue weighted by Gasteiger charge is -2.55. The van der Waals surface area contributed by atoms with Gasteiger partial charge in [-0.2, -0.15) is 0 Å². The average Bonchev–Trinajstić information content (AvgIpc) is 2.97. The van der Waals surface area contributed by atoms with Crippen molar-refractivity contribution in [1.29, 1.82) is 0 Å². The summed E-state index contributed by atoms with van der Waals surface area (Å²) in [5.74, 6) is 0.468. The van der Waals surface area contributed by atoms with Crippen molar-refractivity contribution in [2.75, 3.05) is 53.3 Å². The van der Waals surface area contributed by atoms with Gasteiger partial charge in [0.1, 0.15) is 12.4 Å². The summed E-state index contributed by atoms with van der Waals surface area (Å²) in [6.07, 6.45) is 1.20. The SMILES string of the molecule is COCC(=O)N1CC2(CN(S(C)(=O)=O)C2)c2c(n(C)c3cc(OC)ccc23)[C@H]1CO. The largest absolute Gasteiger partial charge is 0.497 e. The molecule has 0 radical (unpaired) electrons. The molecular formula is C20H27N3O6S. The van der Waals surface area contributed by atoms with Gasteiger partial charge in [-0.15, -0.1) is 0 Å². The molecule has 0 unspecified atom stereocenters. The maximum absolute atomic E-state index is 12.8. The molecule has 1 atom stereocenters. The lowest BCUT2D eigenvalue weighted by Crippen LogP contribution is -2.68. The normalized spacial score (nSPS) is 21.0. The van der Waals surface area contributed by atoms with Gasteiger partial charge in [0.15, 0.2) is 0 Å². The fourth-order valence-corrected chi connectivity index (χ4v) is 5.91. The number of carbonyl (C=O) groups is 1. The molecule has 1 aromatic heterocycles. The van der Waals surface area contributed by atoms with Crippen molar-refractivity contribution in [3.8, 4) is 5.75 Å². The zero-order valence-corrected chi connectivity index (χ0v) is 18.4. The Morgan fingerprint density at radius 2 is 1.97 bits per heavy atom. The highest BCUT2D eigenvalue weighted by molar-refractivity contribution is 7.88. The number of rotatable bonds is 5. The second-order valence-corrected chi connectivity index (χ2v) is 10.1. The molecule has 3 heterocycles. The number of amides is 1. The Hall–Kier alpha value is -2.14.